The van der Waals surface area contributed by atoms with Gasteiger partial charge in [-0.3, -0.25) is 0 Å². The minimum absolute atomic E-state index is 0.310. The number of aryl methyl sites for hydroxylation is 1. The van der Waals surface area contributed by atoms with Crippen LogP contribution in [0.4, 0.5) is 0 Å². The summed E-state index contributed by atoms with van der Waals surface area (Å²) in [6, 6.07) is 8.93. The van der Waals surface area contributed by atoms with Gasteiger partial charge in [-0.15, -0.1) is 0 Å². The Labute approximate surface area is 87.4 Å². The summed E-state index contributed by atoms with van der Waals surface area (Å²) < 4.78 is 0. The molecular formula is C12H11NO2. The molecule has 0 aliphatic rings. The van der Waals surface area contributed by atoms with E-state index in [1.807, 2.05) is 31.3 Å². The van der Waals surface area contributed by atoms with Crippen molar-refractivity contribution in [2.75, 3.05) is 0 Å². The zero-order valence-corrected chi connectivity index (χ0v) is 8.32. The van der Waals surface area contributed by atoms with E-state index in [0.29, 0.717) is 5.56 Å². The number of benzene rings is 1. The van der Waals surface area contributed by atoms with Gasteiger partial charge in [0.2, 0.25) is 0 Å². The molecule has 1 aromatic heterocycles. The maximum absolute atomic E-state index is 10.8. The zero-order valence-electron chi connectivity index (χ0n) is 8.32. The number of carboxylic acids is 1. The van der Waals surface area contributed by atoms with Gasteiger partial charge in [0, 0.05) is 17.5 Å². The van der Waals surface area contributed by atoms with Gasteiger partial charge in [0.15, 0.2) is 0 Å². The van der Waals surface area contributed by atoms with Crippen LogP contribution < -0.4 is 0 Å². The van der Waals surface area contributed by atoms with Gasteiger partial charge in [-0.1, -0.05) is 6.07 Å². The number of H-pyrrole nitrogens is 1. The monoisotopic (exact) mass is 201 g/mol. The Morgan fingerprint density at radius 2 is 2.13 bits per heavy atom. The molecule has 0 saturated heterocycles. The second-order valence-electron chi connectivity index (χ2n) is 3.42. The summed E-state index contributed by atoms with van der Waals surface area (Å²) in [5.41, 5.74) is 3.24. The average Bonchev–Trinajstić information content (AvgIpc) is 2.71. The predicted molar refractivity (Wildman–Crippen MR) is 57.9 cm³/mol. The quantitative estimate of drug-likeness (QED) is 0.784. The highest BCUT2D eigenvalue weighted by Crippen LogP contribution is 2.22. The van der Waals surface area contributed by atoms with E-state index in [0.717, 1.165) is 16.8 Å². The van der Waals surface area contributed by atoms with E-state index in [-0.39, 0.29) is 0 Å². The van der Waals surface area contributed by atoms with Crippen LogP contribution in [0.15, 0.2) is 36.5 Å². The van der Waals surface area contributed by atoms with Crippen molar-refractivity contribution >= 4 is 5.97 Å². The molecule has 0 radical (unpaired) electrons. The predicted octanol–water partition coefficient (Wildman–Crippen LogP) is 2.69. The summed E-state index contributed by atoms with van der Waals surface area (Å²) in [6.45, 7) is 1.96. The van der Waals surface area contributed by atoms with Crippen LogP contribution in [-0.2, 0) is 0 Å². The lowest BCUT2D eigenvalue weighted by Gasteiger charge is -2.04. The number of aromatic amines is 1. The van der Waals surface area contributed by atoms with Crippen molar-refractivity contribution in [3.8, 4) is 11.3 Å². The molecule has 0 aliphatic heterocycles. The third-order valence-electron chi connectivity index (χ3n) is 2.37. The van der Waals surface area contributed by atoms with Crippen molar-refractivity contribution in [1.82, 2.24) is 4.98 Å². The maximum atomic E-state index is 10.8. The van der Waals surface area contributed by atoms with Crippen molar-refractivity contribution in [1.29, 1.82) is 0 Å². The summed E-state index contributed by atoms with van der Waals surface area (Å²) in [7, 11) is 0. The number of carboxylic acid groups (broad SMARTS) is 1. The van der Waals surface area contributed by atoms with Crippen molar-refractivity contribution in [3.05, 3.63) is 47.7 Å². The summed E-state index contributed by atoms with van der Waals surface area (Å²) in [5.74, 6) is -0.900. The first-order chi connectivity index (χ1) is 7.18. The molecule has 0 aliphatic carbocycles. The molecule has 0 amide bonds. The molecule has 2 rings (SSSR count). The normalized spacial score (nSPS) is 10.2. The van der Waals surface area contributed by atoms with Crippen molar-refractivity contribution in [3.63, 3.8) is 0 Å². The maximum Gasteiger partial charge on any atom is 0.335 e. The third-order valence-corrected chi connectivity index (χ3v) is 2.37. The van der Waals surface area contributed by atoms with Gasteiger partial charge in [-0.2, -0.15) is 0 Å². The highest BCUT2D eigenvalue weighted by atomic mass is 16.4. The fourth-order valence-corrected chi connectivity index (χ4v) is 1.54. The fourth-order valence-electron chi connectivity index (χ4n) is 1.54. The second kappa shape index (κ2) is 3.61. The molecule has 3 nitrogen and oxygen atoms in total. The SMILES string of the molecule is Cc1ccc(C(=O)O)cc1-c1ccc[nH]1. The van der Waals surface area contributed by atoms with Crippen LogP contribution in [-0.4, -0.2) is 16.1 Å². The van der Waals surface area contributed by atoms with E-state index in [2.05, 4.69) is 4.98 Å². The molecule has 0 bridgehead atoms. The van der Waals surface area contributed by atoms with E-state index in [9.17, 15) is 4.79 Å². The van der Waals surface area contributed by atoms with Crippen molar-refractivity contribution < 1.29 is 9.90 Å². The number of rotatable bonds is 2. The Balaban J connectivity index is 2.55. The van der Waals surface area contributed by atoms with E-state index in [4.69, 9.17) is 5.11 Å². The number of nitrogens with one attached hydrogen (secondary N) is 1. The largest absolute Gasteiger partial charge is 0.478 e. The number of aromatic carboxylic acids is 1. The molecule has 0 atom stereocenters. The lowest BCUT2D eigenvalue weighted by molar-refractivity contribution is 0.0697. The van der Waals surface area contributed by atoms with E-state index < -0.39 is 5.97 Å². The summed E-state index contributed by atoms with van der Waals surface area (Å²) in [4.78, 5) is 13.9. The van der Waals surface area contributed by atoms with Crippen LogP contribution in [0.1, 0.15) is 15.9 Å². The highest BCUT2D eigenvalue weighted by molar-refractivity contribution is 5.89. The Morgan fingerprint density at radius 3 is 2.73 bits per heavy atom. The molecule has 0 unspecified atom stereocenters. The summed E-state index contributed by atoms with van der Waals surface area (Å²) in [6.07, 6.45) is 1.82. The Morgan fingerprint density at radius 1 is 1.33 bits per heavy atom. The standard InChI is InChI=1S/C12H11NO2/c1-8-4-5-9(12(14)15)7-10(8)11-3-2-6-13-11/h2-7,13H,1H3,(H,14,15). The third kappa shape index (κ3) is 1.76. The topological polar surface area (TPSA) is 53.1 Å². The molecule has 0 fully saturated rings. The number of carbonyl (C=O) groups is 1. The molecule has 1 aromatic carbocycles. The smallest absolute Gasteiger partial charge is 0.335 e. The summed E-state index contributed by atoms with van der Waals surface area (Å²) in [5, 5.41) is 8.89. The Bertz CT molecular complexity index is 486. The van der Waals surface area contributed by atoms with Crippen LogP contribution in [0.5, 0.6) is 0 Å². The van der Waals surface area contributed by atoms with Crippen LogP contribution in [0, 0.1) is 6.92 Å². The molecule has 1 heterocycles. The van der Waals surface area contributed by atoms with Gasteiger partial charge in [-0.05, 0) is 36.8 Å². The Kier molecular flexibility index (Phi) is 2.29. The second-order valence-corrected chi connectivity index (χ2v) is 3.42. The first kappa shape index (κ1) is 9.52. The molecule has 0 spiro atoms. The van der Waals surface area contributed by atoms with Gasteiger partial charge in [0.25, 0.3) is 0 Å². The van der Waals surface area contributed by atoms with Crippen LogP contribution in [0.3, 0.4) is 0 Å². The minimum Gasteiger partial charge on any atom is -0.478 e. The molecule has 2 aromatic rings. The molecule has 3 heteroatoms. The number of hydrogen-bond donors (Lipinski definition) is 2. The number of aromatic nitrogens is 1. The summed E-state index contributed by atoms with van der Waals surface area (Å²) >= 11 is 0. The lowest BCUT2D eigenvalue weighted by atomic mass is 10.0. The van der Waals surface area contributed by atoms with Gasteiger partial charge in [0.05, 0.1) is 5.56 Å². The van der Waals surface area contributed by atoms with Crippen LogP contribution in [0.25, 0.3) is 11.3 Å². The van der Waals surface area contributed by atoms with Gasteiger partial charge >= 0.3 is 5.97 Å². The average molecular weight is 201 g/mol. The lowest BCUT2D eigenvalue weighted by Crippen LogP contribution is -1.97. The number of hydrogen-bond acceptors (Lipinski definition) is 1. The molecule has 2 N–H and O–H groups in total. The van der Waals surface area contributed by atoms with Crippen LogP contribution >= 0.6 is 0 Å². The first-order valence-corrected chi connectivity index (χ1v) is 4.66. The zero-order chi connectivity index (χ0) is 10.8. The molecule has 76 valence electrons. The van der Waals surface area contributed by atoms with Gasteiger partial charge in [0.1, 0.15) is 0 Å². The van der Waals surface area contributed by atoms with E-state index in [1.54, 1.807) is 12.1 Å². The minimum atomic E-state index is -0.900. The van der Waals surface area contributed by atoms with Crippen molar-refractivity contribution in [2.24, 2.45) is 0 Å². The highest BCUT2D eigenvalue weighted by Gasteiger charge is 2.07. The van der Waals surface area contributed by atoms with Crippen LogP contribution in [0.2, 0.25) is 0 Å². The van der Waals surface area contributed by atoms with E-state index >= 15 is 0 Å². The van der Waals surface area contributed by atoms with E-state index in [1.165, 1.54) is 0 Å². The van der Waals surface area contributed by atoms with Crippen molar-refractivity contribution in [2.45, 2.75) is 6.92 Å². The fraction of sp³-hybridized carbons (Fsp3) is 0.0833. The molecule has 0 saturated carbocycles. The Hall–Kier alpha value is -2.03. The van der Waals surface area contributed by atoms with Gasteiger partial charge in [-0.25, -0.2) is 4.79 Å². The van der Waals surface area contributed by atoms with Gasteiger partial charge < -0.3 is 10.1 Å². The molecule has 15 heavy (non-hydrogen) atoms. The molecular weight excluding hydrogens is 190 g/mol. The first-order valence-electron chi connectivity index (χ1n) is 4.66.